The van der Waals surface area contributed by atoms with Crippen LogP contribution in [-0.2, 0) is 7.05 Å². The van der Waals surface area contributed by atoms with Gasteiger partial charge in [-0.3, -0.25) is 4.68 Å². The standard InChI is InChI=1S/C14H16N4O2/c1-5-6-8(2)16-12-10(14(19)20)7-15-13-11(12)9(3)17-18(13)4/h1,7-8H,6H2,2-4H3,(H,15,16)(H,19,20). The molecule has 2 aromatic heterocycles. The van der Waals surface area contributed by atoms with Gasteiger partial charge in [-0.1, -0.05) is 0 Å². The van der Waals surface area contributed by atoms with Crippen LogP contribution in [-0.4, -0.2) is 31.9 Å². The Bertz CT molecular complexity index is 712. The average molecular weight is 272 g/mol. The van der Waals surface area contributed by atoms with Crippen molar-refractivity contribution in [3.05, 3.63) is 17.5 Å². The van der Waals surface area contributed by atoms with E-state index in [0.717, 1.165) is 11.1 Å². The van der Waals surface area contributed by atoms with Crippen LogP contribution in [0.3, 0.4) is 0 Å². The number of carboxylic acids is 1. The Morgan fingerprint density at radius 2 is 2.35 bits per heavy atom. The number of terminal acetylenes is 1. The van der Waals surface area contributed by atoms with Crippen molar-refractivity contribution in [1.29, 1.82) is 0 Å². The van der Waals surface area contributed by atoms with Crippen LogP contribution in [0, 0.1) is 19.3 Å². The smallest absolute Gasteiger partial charge is 0.339 e. The molecule has 1 atom stereocenters. The first-order valence-corrected chi connectivity index (χ1v) is 6.21. The number of aromatic carboxylic acids is 1. The molecule has 0 aliphatic carbocycles. The highest BCUT2D eigenvalue weighted by atomic mass is 16.4. The molecule has 6 heteroatoms. The first-order valence-electron chi connectivity index (χ1n) is 6.21. The molecule has 2 heterocycles. The van der Waals surface area contributed by atoms with E-state index in [0.29, 0.717) is 17.8 Å². The van der Waals surface area contributed by atoms with Crippen molar-refractivity contribution in [2.45, 2.75) is 26.3 Å². The van der Waals surface area contributed by atoms with Gasteiger partial charge in [-0.15, -0.1) is 12.3 Å². The molecule has 2 N–H and O–H groups in total. The number of aromatic nitrogens is 3. The zero-order valence-corrected chi connectivity index (χ0v) is 11.6. The lowest BCUT2D eigenvalue weighted by Crippen LogP contribution is -2.17. The van der Waals surface area contributed by atoms with Crippen molar-refractivity contribution in [1.82, 2.24) is 14.8 Å². The Morgan fingerprint density at radius 1 is 1.65 bits per heavy atom. The Balaban J connectivity index is 2.66. The second-order valence-corrected chi connectivity index (χ2v) is 4.71. The number of nitrogens with one attached hydrogen (secondary N) is 1. The van der Waals surface area contributed by atoms with Gasteiger partial charge in [-0.2, -0.15) is 5.10 Å². The second kappa shape index (κ2) is 5.21. The Kier molecular flexibility index (Phi) is 3.61. The number of fused-ring (bicyclic) bond motifs is 1. The van der Waals surface area contributed by atoms with Gasteiger partial charge in [0.25, 0.3) is 0 Å². The molecule has 0 spiro atoms. The molecule has 104 valence electrons. The average Bonchev–Trinajstić information content (AvgIpc) is 2.65. The Morgan fingerprint density at radius 3 is 2.95 bits per heavy atom. The number of carbonyl (C=O) groups is 1. The molecule has 0 amide bonds. The molecule has 0 bridgehead atoms. The van der Waals surface area contributed by atoms with Crippen LogP contribution >= 0.6 is 0 Å². The minimum atomic E-state index is -1.03. The van der Waals surface area contributed by atoms with Gasteiger partial charge >= 0.3 is 5.97 Å². The van der Waals surface area contributed by atoms with E-state index >= 15 is 0 Å². The van der Waals surface area contributed by atoms with Crippen LogP contribution in [0.1, 0.15) is 29.4 Å². The van der Waals surface area contributed by atoms with Crippen LogP contribution in [0.15, 0.2) is 6.20 Å². The summed E-state index contributed by atoms with van der Waals surface area (Å²) in [5, 5.41) is 17.5. The zero-order chi connectivity index (χ0) is 14.9. The molecular formula is C14H16N4O2. The van der Waals surface area contributed by atoms with Gasteiger partial charge in [0.2, 0.25) is 0 Å². The summed E-state index contributed by atoms with van der Waals surface area (Å²) in [7, 11) is 1.78. The van der Waals surface area contributed by atoms with Crippen LogP contribution < -0.4 is 5.32 Å². The highest BCUT2D eigenvalue weighted by Gasteiger charge is 2.20. The van der Waals surface area contributed by atoms with Crippen molar-refractivity contribution in [3.63, 3.8) is 0 Å². The predicted octanol–water partition coefficient (Wildman–Crippen LogP) is 1.80. The maximum Gasteiger partial charge on any atom is 0.339 e. The van der Waals surface area contributed by atoms with E-state index in [1.54, 1.807) is 11.7 Å². The van der Waals surface area contributed by atoms with E-state index in [1.807, 2.05) is 13.8 Å². The number of hydrogen-bond acceptors (Lipinski definition) is 4. The fourth-order valence-corrected chi connectivity index (χ4v) is 2.20. The molecule has 0 saturated heterocycles. The quantitative estimate of drug-likeness (QED) is 0.830. The fourth-order valence-electron chi connectivity index (χ4n) is 2.20. The molecule has 6 nitrogen and oxygen atoms in total. The molecule has 0 fully saturated rings. The Labute approximate surface area is 116 Å². The largest absolute Gasteiger partial charge is 0.478 e. The molecule has 20 heavy (non-hydrogen) atoms. The minimum absolute atomic E-state index is 0.0386. The van der Waals surface area contributed by atoms with E-state index in [1.165, 1.54) is 6.20 Å². The lowest BCUT2D eigenvalue weighted by atomic mass is 10.1. The fraction of sp³-hybridized carbons (Fsp3) is 0.357. The number of carboxylic acid groups (broad SMARTS) is 1. The normalized spacial score (nSPS) is 12.1. The lowest BCUT2D eigenvalue weighted by molar-refractivity contribution is 0.0697. The molecule has 0 radical (unpaired) electrons. The number of hydrogen-bond donors (Lipinski definition) is 2. The van der Waals surface area contributed by atoms with E-state index in [4.69, 9.17) is 6.42 Å². The number of nitrogens with zero attached hydrogens (tertiary/aromatic N) is 3. The second-order valence-electron chi connectivity index (χ2n) is 4.71. The van der Waals surface area contributed by atoms with Gasteiger partial charge in [0.05, 0.1) is 16.8 Å². The summed E-state index contributed by atoms with van der Waals surface area (Å²) in [5.74, 6) is 1.53. The van der Waals surface area contributed by atoms with Crippen molar-refractivity contribution >= 4 is 22.7 Å². The van der Waals surface area contributed by atoms with Crippen LogP contribution in [0.25, 0.3) is 11.0 Å². The van der Waals surface area contributed by atoms with Gasteiger partial charge in [-0.25, -0.2) is 9.78 Å². The van der Waals surface area contributed by atoms with Gasteiger partial charge in [0.1, 0.15) is 5.56 Å². The zero-order valence-electron chi connectivity index (χ0n) is 11.6. The molecular weight excluding hydrogens is 256 g/mol. The van der Waals surface area contributed by atoms with Gasteiger partial charge in [0.15, 0.2) is 5.65 Å². The predicted molar refractivity (Wildman–Crippen MR) is 76.7 cm³/mol. The highest BCUT2D eigenvalue weighted by molar-refractivity contribution is 6.04. The topological polar surface area (TPSA) is 80.0 Å². The molecule has 1 unspecified atom stereocenters. The van der Waals surface area contributed by atoms with Crippen LogP contribution in [0.2, 0.25) is 0 Å². The third-order valence-corrected chi connectivity index (χ3v) is 3.07. The maximum atomic E-state index is 11.4. The number of anilines is 1. The lowest BCUT2D eigenvalue weighted by Gasteiger charge is -2.15. The van der Waals surface area contributed by atoms with E-state index in [9.17, 15) is 9.90 Å². The van der Waals surface area contributed by atoms with E-state index in [2.05, 4.69) is 21.3 Å². The van der Waals surface area contributed by atoms with Gasteiger partial charge < -0.3 is 10.4 Å². The van der Waals surface area contributed by atoms with Crippen molar-refractivity contribution in [3.8, 4) is 12.3 Å². The van der Waals surface area contributed by atoms with E-state index < -0.39 is 5.97 Å². The third kappa shape index (κ3) is 2.30. The van der Waals surface area contributed by atoms with Crippen molar-refractivity contribution in [2.75, 3.05) is 5.32 Å². The van der Waals surface area contributed by atoms with E-state index in [-0.39, 0.29) is 11.6 Å². The first-order chi connectivity index (χ1) is 9.45. The summed E-state index contributed by atoms with van der Waals surface area (Å²) in [6.07, 6.45) is 7.14. The van der Waals surface area contributed by atoms with Gasteiger partial charge in [-0.05, 0) is 13.8 Å². The maximum absolute atomic E-state index is 11.4. The van der Waals surface area contributed by atoms with Crippen molar-refractivity contribution in [2.24, 2.45) is 7.05 Å². The SMILES string of the molecule is C#CCC(C)Nc1c(C(=O)O)cnc2c1c(C)nn2C. The molecule has 0 aliphatic heterocycles. The molecule has 0 aliphatic rings. The minimum Gasteiger partial charge on any atom is -0.478 e. The number of rotatable bonds is 4. The summed E-state index contributed by atoms with van der Waals surface area (Å²) < 4.78 is 1.63. The van der Waals surface area contributed by atoms with Crippen LogP contribution in [0.4, 0.5) is 5.69 Å². The third-order valence-electron chi connectivity index (χ3n) is 3.07. The molecule has 2 rings (SSSR count). The number of pyridine rings is 1. The summed E-state index contributed by atoms with van der Waals surface area (Å²) >= 11 is 0. The van der Waals surface area contributed by atoms with Gasteiger partial charge in [0, 0.05) is 25.7 Å². The van der Waals surface area contributed by atoms with Crippen LogP contribution in [0.5, 0.6) is 0 Å². The first kappa shape index (κ1) is 13.9. The Hall–Kier alpha value is -2.55. The molecule has 0 aromatic carbocycles. The molecule has 0 saturated carbocycles. The number of aryl methyl sites for hydroxylation is 2. The summed E-state index contributed by atoms with van der Waals surface area (Å²) in [6, 6.07) is -0.0386. The van der Waals surface area contributed by atoms with Crippen molar-refractivity contribution < 1.29 is 9.90 Å². The summed E-state index contributed by atoms with van der Waals surface area (Å²) in [6.45, 7) is 3.73. The monoisotopic (exact) mass is 272 g/mol. The summed E-state index contributed by atoms with van der Waals surface area (Å²) in [4.78, 5) is 15.6. The summed E-state index contributed by atoms with van der Waals surface area (Å²) in [5.41, 5.74) is 2.02. The highest BCUT2D eigenvalue weighted by Crippen LogP contribution is 2.29. The molecule has 2 aromatic rings.